The molecule has 1 N–H and O–H groups in total. The van der Waals surface area contributed by atoms with Crippen LogP contribution in [0, 0.1) is 0 Å². The normalized spacial score (nSPS) is 13.9. The van der Waals surface area contributed by atoms with E-state index >= 15 is 0 Å². The van der Waals surface area contributed by atoms with Gasteiger partial charge in [0, 0.05) is 11.8 Å². The highest BCUT2D eigenvalue weighted by atomic mass is 32.2. The first-order valence-electron chi connectivity index (χ1n) is 5.98. The standard InChI is InChI=1S/C11H23NO4S/c1-4-10(3)12(9-11(13)14)7-6-8-17(15,16)5-2/h10H,4-9H2,1-3H3,(H,13,14). The average molecular weight is 265 g/mol. The van der Waals surface area contributed by atoms with Crippen LogP contribution in [0.3, 0.4) is 0 Å². The van der Waals surface area contributed by atoms with E-state index in [1.807, 2.05) is 18.7 Å². The number of nitrogens with zero attached hydrogens (tertiary/aromatic N) is 1. The molecule has 0 aliphatic carbocycles. The molecular formula is C11H23NO4S. The average Bonchev–Trinajstić information content (AvgIpc) is 2.26. The first-order chi connectivity index (χ1) is 7.82. The van der Waals surface area contributed by atoms with Gasteiger partial charge in [-0.3, -0.25) is 9.69 Å². The number of carboxylic acids is 1. The number of hydrogen-bond acceptors (Lipinski definition) is 4. The molecular weight excluding hydrogens is 242 g/mol. The van der Waals surface area contributed by atoms with Gasteiger partial charge < -0.3 is 5.11 Å². The van der Waals surface area contributed by atoms with Gasteiger partial charge in [-0.2, -0.15) is 0 Å². The zero-order valence-electron chi connectivity index (χ0n) is 10.8. The molecule has 0 aliphatic heterocycles. The fourth-order valence-electron chi connectivity index (χ4n) is 1.52. The molecule has 0 radical (unpaired) electrons. The van der Waals surface area contributed by atoms with E-state index in [9.17, 15) is 13.2 Å². The van der Waals surface area contributed by atoms with Gasteiger partial charge in [0.05, 0.1) is 12.3 Å². The molecule has 1 atom stereocenters. The van der Waals surface area contributed by atoms with Crippen LogP contribution in [0.1, 0.15) is 33.6 Å². The molecule has 5 nitrogen and oxygen atoms in total. The number of hydrogen-bond donors (Lipinski definition) is 1. The zero-order chi connectivity index (χ0) is 13.5. The third kappa shape index (κ3) is 7.33. The van der Waals surface area contributed by atoms with Crippen LogP contribution in [-0.4, -0.2) is 55.0 Å². The SMILES string of the molecule is CCC(C)N(CCCS(=O)(=O)CC)CC(=O)O. The molecule has 0 saturated carbocycles. The fraction of sp³-hybridized carbons (Fsp3) is 0.909. The maximum absolute atomic E-state index is 11.3. The van der Waals surface area contributed by atoms with Crippen molar-refractivity contribution in [1.29, 1.82) is 0 Å². The fourth-order valence-corrected chi connectivity index (χ4v) is 2.38. The van der Waals surface area contributed by atoms with Crippen molar-refractivity contribution in [2.45, 2.75) is 39.7 Å². The molecule has 0 aromatic heterocycles. The molecule has 0 saturated heterocycles. The largest absolute Gasteiger partial charge is 0.480 e. The van der Waals surface area contributed by atoms with Gasteiger partial charge in [-0.05, 0) is 26.3 Å². The molecule has 0 aromatic carbocycles. The lowest BCUT2D eigenvalue weighted by Gasteiger charge is -2.26. The Balaban J connectivity index is 4.22. The summed E-state index contributed by atoms with van der Waals surface area (Å²) in [5.74, 6) is -0.589. The molecule has 6 heteroatoms. The summed E-state index contributed by atoms with van der Waals surface area (Å²) < 4.78 is 22.6. The summed E-state index contributed by atoms with van der Waals surface area (Å²) in [6.45, 7) is 6.06. The number of carboxylic acid groups (broad SMARTS) is 1. The van der Waals surface area contributed by atoms with Crippen molar-refractivity contribution in [3.8, 4) is 0 Å². The Morgan fingerprint density at radius 3 is 2.35 bits per heavy atom. The summed E-state index contributed by atoms with van der Waals surface area (Å²) in [7, 11) is -2.95. The second-order valence-electron chi connectivity index (χ2n) is 4.21. The van der Waals surface area contributed by atoms with Crippen LogP contribution in [0.5, 0.6) is 0 Å². The molecule has 0 fully saturated rings. The van der Waals surface area contributed by atoms with E-state index in [4.69, 9.17) is 5.11 Å². The monoisotopic (exact) mass is 265 g/mol. The predicted molar refractivity (Wildman–Crippen MR) is 67.9 cm³/mol. The molecule has 0 amide bonds. The minimum atomic E-state index is -2.95. The van der Waals surface area contributed by atoms with Crippen molar-refractivity contribution in [1.82, 2.24) is 4.90 Å². The highest BCUT2D eigenvalue weighted by Crippen LogP contribution is 2.05. The topological polar surface area (TPSA) is 74.7 Å². The third-order valence-corrected chi connectivity index (χ3v) is 4.68. The lowest BCUT2D eigenvalue weighted by molar-refractivity contribution is -0.138. The van der Waals surface area contributed by atoms with Gasteiger partial charge in [0.1, 0.15) is 9.84 Å². The summed E-state index contributed by atoms with van der Waals surface area (Å²) in [6.07, 6.45) is 1.35. The lowest BCUT2D eigenvalue weighted by Crippen LogP contribution is -2.38. The highest BCUT2D eigenvalue weighted by Gasteiger charge is 2.16. The van der Waals surface area contributed by atoms with Crippen LogP contribution in [0.15, 0.2) is 0 Å². The van der Waals surface area contributed by atoms with E-state index in [1.165, 1.54) is 0 Å². The van der Waals surface area contributed by atoms with Crippen LogP contribution < -0.4 is 0 Å². The molecule has 0 heterocycles. The Hall–Kier alpha value is -0.620. The van der Waals surface area contributed by atoms with Crippen LogP contribution in [0.2, 0.25) is 0 Å². The zero-order valence-corrected chi connectivity index (χ0v) is 11.7. The Kier molecular flexibility index (Phi) is 7.38. The van der Waals surface area contributed by atoms with E-state index in [2.05, 4.69) is 0 Å². The minimum absolute atomic E-state index is 0.0266. The summed E-state index contributed by atoms with van der Waals surface area (Å²) in [4.78, 5) is 12.5. The van der Waals surface area contributed by atoms with Crippen molar-refractivity contribution in [2.24, 2.45) is 0 Å². The number of sulfone groups is 1. The molecule has 0 rings (SSSR count). The van der Waals surface area contributed by atoms with Crippen molar-refractivity contribution < 1.29 is 18.3 Å². The van der Waals surface area contributed by atoms with Gasteiger partial charge in [0.15, 0.2) is 0 Å². The quantitative estimate of drug-likeness (QED) is 0.673. The lowest BCUT2D eigenvalue weighted by atomic mass is 10.2. The molecule has 0 spiro atoms. The Labute approximate surface area is 104 Å². The summed E-state index contributed by atoms with van der Waals surface area (Å²) in [6, 6.07) is 0.162. The van der Waals surface area contributed by atoms with Crippen LogP contribution >= 0.6 is 0 Å². The van der Waals surface area contributed by atoms with Crippen molar-refractivity contribution in [3.63, 3.8) is 0 Å². The second kappa shape index (κ2) is 7.66. The molecule has 0 aromatic rings. The number of carbonyl (C=O) groups is 1. The van der Waals surface area contributed by atoms with Crippen molar-refractivity contribution >= 4 is 15.8 Å². The van der Waals surface area contributed by atoms with Gasteiger partial charge in [-0.1, -0.05) is 13.8 Å². The Morgan fingerprint density at radius 1 is 1.35 bits per heavy atom. The summed E-state index contributed by atoms with van der Waals surface area (Å²) in [5, 5.41) is 8.77. The molecule has 17 heavy (non-hydrogen) atoms. The van der Waals surface area contributed by atoms with Gasteiger partial charge >= 0.3 is 5.97 Å². The van der Waals surface area contributed by atoms with Gasteiger partial charge in [-0.15, -0.1) is 0 Å². The van der Waals surface area contributed by atoms with Crippen LogP contribution in [0.25, 0.3) is 0 Å². The Morgan fingerprint density at radius 2 is 1.94 bits per heavy atom. The van der Waals surface area contributed by atoms with E-state index < -0.39 is 15.8 Å². The second-order valence-corrected chi connectivity index (χ2v) is 6.68. The van der Waals surface area contributed by atoms with Gasteiger partial charge in [0.25, 0.3) is 0 Å². The molecule has 0 aliphatic rings. The van der Waals surface area contributed by atoms with Gasteiger partial charge in [0.2, 0.25) is 0 Å². The smallest absolute Gasteiger partial charge is 0.317 e. The minimum Gasteiger partial charge on any atom is -0.480 e. The van der Waals surface area contributed by atoms with Crippen LogP contribution in [-0.2, 0) is 14.6 Å². The molecule has 1 unspecified atom stereocenters. The van der Waals surface area contributed by atoms with E-state index in [0.29, 0.717) is 13.0 Å². The van der Waals surface area contributed by atoms with Crippen molar-refractivity contribution in [3.05, 3.63) is 0 Å². The Bertz CT molecular complexity index is 326. The summed E-state index contributed by atoms with van der Waals surface area (Å²) in [5.41, 5.74) is 0. The predicted octanol–water partition coefficient (Wildman–Crippen LogP) is 0.996. The van der Waals surface area contributed by atoms with Crippen molar-refractivity contribution in [2.75, 3.05) is 24.6 Å². The van der Waals surface area contributed by atoms with E-state index in [-0.39, 0.29) is 24.1 Å². The molecule has 0 bridgehead atoms. The van der Waals surface area contributed by atoms with E-state index in [1.54, 1.807) is 6.92 Å². The highest BCUT2D eigenvalue weighted by molar-refractivity contribution is 7.91. The first-order valence-corrected chi connectivity index (χ1v) is 7.80. The maximum atomic E-state index is 11.3. The van der Waals surface area contributed by atoms with Crippen LogP contribution in [0.4, 0.5) is 0 Å². The molecule has 102 valence electrons. The third-order valence-electron chi connectivity index (χ3n) is 2.89. The van der Waals surface area contributed by atoms with E-state index in [0.717, 1.165) is 6.42 Å². The first kappa shape index (κ1) is 16.4. The number of aliphatic carboxylic acids is 1. The van der Waals surface area contributed by atoms with Gasteiger partial charge in [-0.25, -0.2) is 8.42 Å². The maximum Gasteiger partial charge on any atom is 0.317 e. The number of rotatable bonds is 9. The summed E-state index contributed by atoms with van der Waals surface area (Å²) >= 11 is 0.